The van der Waals surface area contributed by atoms with E-state index < -0.39 is 0 Å². The minimum absolute atomic E-state index is 0.180. The summed E-state index contributed by atoms with van der Waals surface area (Å²) >= 11 is 19.3. The van der Waals surface area contributed by atoms with E-state index in [-0.39, 0.29) is 4.83 Å². The van der Waals surface area contributed by atoms with E-state index in [1.807, 2.05) is 37.3 Å². The van der Waals surface area contributed by atoms with Crippen molar-refractivity contribution < 1.29 is 4.74 Å². The van der Waals surface area contributed by atoms with Gasteiger partial charge in [0, 0.05) is 9.30 Å². The molecule has 0 aliphatic heterocycles. The van der Waals surface area contributed by atoms with Crippen molar-refractivity contribution in [3.8, 4) is 5.75 Å². The molecule has 0 saturated heterocycles. The third-order valence-corrected chi connectivity index (χ3v) is 5.26. The van der Waals surface area contributed by atoms with Gasteiger partial charge >= 0.3 is 0 Å². The SMILES string of the molecule is CCOc1ccc(C(Br)Cc2ccc(Cl)c(Cl)c2)c(Br)c1. The molecular formula is C16H14Br2Cl2O. The number of hydrogen-bond donors (Lipinski definition) is 0. The van der Waals surface area contributed by atoms with E-state index in [2.05, 4.69) is 37.9 Å². The molecule has 2 aromatic rings. The van der Waals surface area contributed by atoms with Crippen molar-refractivity contribution in [2.75, 3.05) is 6.61 Å². The molecule has 0 aliphatic rings. The van der Waals surface area contributed by atoms with E-state index in [1.165, 1.54) is 5.56 Å². The van der Waals surface area contributed by atoms with Gasteiger partial charge in [0.25, 0.3) is 0 Å². The second-order valence-corrected chi connectivity index (χ2v) is 7.31. The van der Waals surface area contributed by atoms with Gasteiger partial charge in [-0.25, -0.2) is 0 Å². The van der Waals surface area contributed by atoms with Gasteiger partial charge in [-0.2, -0.15) is 0 Å². The molecule has 1 unspecified atom stereocenters. The van der Waals surface area contributed by atoms with Gasteiger partial charge in [0.05, 0.1) is 16.7 Å². The van der Waals surface area contributed by atoms with Crippen LogP contribution in [0.2, 0.25) is 10.0 Å². The zero-order valence-corrected chi connectivity index (χ0v) is 16.1. The number of rotatable bonds is 5. The molecule has 0 bridgehead atoms. The normalized spacial score (nSPS) is 12.2. The molecule has 2 aromatic carbocycles. The van der Waals surface area contributed by atoms with Crippen molar-refractivity contribution in [2.45, 2.75) is 18.2 Å². The molecule has 0 amide bonds. The van der Waals surface area contributed by atoms with Crippen molar-refractivity contribution >= 4 is 55.1 Å². The standard InChI is InChI=1S/C16H14Br2Cl2O/c1-2-21-11-4-5-12(14(18)9-11)13(17)7-10-3-6-15(19)16(20)8-10/h3-6,8-9,13H,2,7H2,1H3. The highest BCUT2D eigenvalue weighted by Crippen LogP contribution is 2.35. The largest absolute Gasteiger partial charge is 0.494 e. The Morgan fingerprint density at radius 3 is 2.48 bits per heavy atom. The highest BCUT2D eigenvalue weighted by atomic mass is 79.9. The van der Waals surface area contributed by atoms with Crippen molar-refractivity contribution in [2.24, 2.45) is 0 Å². The third kappa shape index (κ3) is 4.62. The van der Waals surface area contributed by atoms with Gasteiger partial charge < -0.3 is 4.74 Å². The topological polar surface area (TPSA) is 9.23 Å². The van der Waals surface area contributed by atoms with Crippen molar-refractivity contribution in [1.29, 1.82) is 0 Å². The Hall–Kier alpha value is -0.220. The summed E-state index contributed by atoms with van der Waals surface area (Å²) < 4.78 is 6.51. The molecular weight excluding hydrogens is 439 g/mol. The Morgan fingerprint density at radius 2 is 1.86 bits per heavy atom. The molecule has 21 heavy (non-hydrogen) atoms. The van der Waals surface area contributed by atoms with Gasteiger partial charge in [-0.15, -0.1) is 0 Å². The second-order valence-electron chi connectivity index (χ2n) is 4.54. The predicted molar refractivity (Wildman–Crippen MR) is 97.1 cm³/mol. The van der Waals surface area contributed by atoms with Crippen LogP contribution in [-0.2, 0) is 6.42 Å². The van der Waals surface area contributed by atoms with Gasteiger partial charge in [-0.05, 0) is 48.7 Å². The van der Waals surface area contributed by atoms with E-state index in [4.69, 9.17) is 27.9 Å². The zero-order chi connectivity index (χ0) is 15.4. The quantitative estimate of drug-likeness (QED) is 0.451. The molecule has 5 heteroatoms. The van der Waals surface area contributed by atoms with Crippen LogP contribution in [0.5, 0.6) is 5.75 Å². The van der Waals surface area contributed by atoms with Crippen LogP contribution in [0, 0.1) is 0 Å². The lowest BCUT2D eigenvalue weighted by molar-refractivity contribution is 0.340. The summed E-state index contributed by atoms with van der Waals surface area (Å²) in [6.07, 6.45) is 0.823. The van der Waals surface area contributed by atoms with E-state index in [0.29, 0.717) is 16.7 Å². The number of ether oxygens (including phenoxy) is 1. The average Bonchev–Trinajstić information content (AvgIpc) is 2.43. The lowest BCUT2D eigenvalue weighted by Gasteiger charge is -2.14. The molecule has 0 saturated carbocycles. The summed E-state index contributed by atoms with van der Waals surface area (Å²) in [4.78, 5) is 0.180. The predicted octanol–water partition coefficient (Wildman–Crippen LogP) is 6.83. The van der Waals surface area contributed by atoms with Gasteiger partial charge in [0.15, 0.2) is 0 Å². The summed E-state index contributed by atoms with van der Waals surface area (Å²) in [7, 11) is 0. The van der Waals surface area contributed by atoms with Crippen LogP contribution < -0.4 is 4.74 Å². The minimum atomic E-state index is 0.180. The van der Waals surface area contributed by atoms with Crippen LogP contribution in [-0.4, -0.2) is 6.61 Å². The molecule has 112 valence electrons. The van der Waals surface area contributed by atoms with E-state index >= 15 is 0 Å². The molecule has 0 N–H and O–H groups in total. The Bertz CT molecular complexity index is 632. The highest BCUT2D eigenvalue weighted by molar-refractivity contribution is 9.11. The maximum atomic E-state index is 6.06. The smallest absolute Gasteiger partial charge is 0.120 e. The first-order valence-corrected chi connectivity index (χ1v) is 8.98. The summed E-state index contributed by atoms with van der Waals surface area (Å²) in [6.45, 7) is 2.63. The van der Waals surface area contributed by atoms with Crippen molar-refractivity contribution in [1.82, 2.24) is 0 Å². The van der Waals surface area contributed by atoms with E-state index in [0.717, 1.165) is 22.2 Å². The zero-order valence-electron chi connectivity index (χ0n) is 11.4. The number of halogens is 4. The molecule has 0 aromatic heterocycles. The molecule has 1 atom stereocenters. The Morgan fingerprint density at radius 1 is 1.10 bits per heavy atom. The molecule has 1 nitrogen and oxygen atoms in total. The van der Waals surface area contributed by atoms with Crippen LogP contribution in [0.25, 0.3) is 0 Å². The Labute approximate surface area is 151 Å². The number of benzene rings is 2. The van der Waals surface area contributed by atoms with E-state index in [1.54, 1.807) is 0 Å². The van der Waals surface area contributed by atoms with Gasteiger partial charge in [-0.3, -0.25) is 0 Å². The fourth-order valence-corrected chi connectivity index (χ4v) is 4.04. The van der Waals surface area contributed by atoms with Crippen LogP contribution in [0.15, 0.2) is 40.9 Å². The Kier molecular flexibility index (Phi) is 6.42. The lowest BCUT2D eigenvalue weighted by Crippen LogP contribution is -1.98. The first kappa shape index (κ1) is 17.1. The molecule has 0 heterocycles. The van der Waals surface area contributed by atoms with Crippen LogP contribution in [0.3, 0.4) is 0 Å². The monoisotopic (exact) mass is 450 g/mol. The average molecular weight is 453 g/mol. The van der Waals surface area contributed by atoms with Crippen LogP contribution in [0.1, 0.15) is 22.9 Å². The van der Waals surface area contributed by atoms with Crippen LogP contribution in [0.4, 0.5) is 0 Å². The summed E-state index contributed by atoms with van der Waals surface area (Å²) in [5.74, 6) is 0.863. The first-order chi connectivity index (χ1) is 10.0. The molecule has 0 fully saturated rings. The molecule has 0 spiro atoms. The summed E-state index contributed by atoms with van der Waals surface area (Å²) in [5.41, 5.74) is 2.30. The van der Waals surface area contributed by atoms with Gasteiger partial charge in [0.1, 0.15) is 5.75 Å². The summed E-state index contributed by atoms with van der Waals surface area (Å²) in [5, 5.41) is 1.16. The minimum Gasteiger partial charge on any atom is -0.494 e. The maximum Gasteiger partial charge on any atom is 0.120 e. The fourth-order valence-electron chi connectivity index (χ4n) is 2.00. The van der Waals surface area contributed by atoms with Gasteiger partial charge in [0.2, 0.25) is 0 Å². The molecule has 0 radical (unpaired) electrons. The van der Waals surface area contributed by atoms with Crippen molar-refractivity contribution in [3.63, 3.8) is 0 Å². The second kappa shape index (κ2) is 7.87. The number of alkyl halides is 1. The number of hydrogen-bond acceptors (Lipinski definition) is 1. The summed E-state index contributed by atoms with van der Waals surface area (Å²) in [6, 6.07) is 11.7. The van der Waals surface area contributed by atoms with Gasteiger partial charge in [-0.1, -0.05) is 67.2 Å². The Balaban J connectivity index is 2.16. The third-order valence-electron chi connectivity index (χ3n) is 3.02. The van der Waals surface area contributed by atoms with E-state index in [9.17, 15) is 0 Å². The maximum absolute atomic E-state index is 6.06. The molecule has 2 rings (SSSR count). The highest BCUT2D eigenvalue weighted by Gasteiger charge is 2.13. The molecule has 0 aliphatic carbocycles. The van der Waals surface area contributed by atoms with Crippen molar-refractivity contribution in [3.05, 3.63) is 62.0 Å². The first-order valence-electron chi connectivity index (χ1n) is 6.51. The lowest BCUT2D eigenvalue weighted by atomic mass is 10.0. The fraction of sp³-hybridized carbons (Fsp3) is 0.250. The van der Waals surface area contributed by atoms with Crippen LogP contribution >= 0.6 is 55.1 Å².